The molecule has 0 atom stereocenters. The lowest BCUT2D eigenvalue weighted by atomic mass is 10.4. The van der Waals surface area contributed by atoms with Crippen LogP contribution in [0.1, 0.15) is 16.2 Å². The molecule has 0 aliphatic rings. The van der Waals surface area contributed by atoms with Crippen molar-refractivity contribution in [2.75, 3.05) is 5.32 Å². The monoisotopic (exact) mass is 224 g/mol. The third kappa shape index (κ3) is 2.13. The number of amides is 1. The first-order valence-corrected chi connectivity index (χ1v) is 5.04. The number of H-pyrrole nitrogens is 2. The second-order valence-electron chi connectivity index (χ2n) is 2.92. The zero-order chi connectivity index (χ0) is 10.8. The summed E-state index contributed by atoms with van der Waals surface area (Å²) in [6.45, 7) is 1.84. The van der Waals surface area contributed by atoms with Gasteiger partial charge in [0, 0.05) is 11.4 Å². The lowest BCUT2D eigenvalue weighted by molar-refractivity contribution is 0.102. The number of rotatable bonds is 2. The first-order chi connectivity index (χ1) is 7.15. The molecule has 78 valence electrons. The van der Waals surface area contributed by atoms with Crippen LogP contribution in [0.5, 0.6) is 0 Å². The number of aromatic amines is 2. The van der Waals surface area contributed by atoms with Gasteiger partial charge < -0.3 is 0 Å². The molecule has 6 nitrogen and oxygen atoms in total. The van der Waals surface area contributed by atoms with Crippen LogP contribution in [0.3, 0.4) is 0 Å². The van der Waals surface area contributed by atoms with E-state index in [2.05, 4.69) is 20.5 Å². The van der Waals surface area contributed by atoms with Gasteiger partial charge in [-0.1, -0.05) is 0 Å². The largest absolute Gasteiger partial charge is 0.297 e. The first-order valence-electron chi connectivity index (χ1n) is 4.16. The summed E-state index contributed by atoms with van der Waals surface area (Å²) in [6.07, 6.45) is 0. The number of thiazole rings is 1. The molecule has 0 unspecified atom stereocenters. The number of nitrogens with one attached hydrogen (secondary N) is 3. The predicted octanol–water partition coefficient (Wildman–Crippen LogP) is 0.720. The number of carbonyl (C=O) groups excluding carboxylic acids is 1. The smallest absolute Gasteiger partial charge is 0.275 e. The van der Waals surface area contributed by atoms with E-state index < -0.39 is 0 Å². The lowest BCUT2D eigenvalue weighted by Gasteiger charge is -1.96. The zero-order valence-corrected chi connectivity index (χ0v) is 8.64. The average molecular weight is 224 g/mol. The van der Waals surface area contributed by atoms with Gasteiger partial charge in [0.1, 0.15) is 5.69 Å². The molecule has 0 fully saturated rings. The maximum Gasteiger partial charge on any atom is 0.275 e. The van der Waals surface area contributed by atoms with Gasteiger partial charge >= 0.3 is 0 Å². The van der Waals surface area contributed by atoms with E-state index in [0.29, 0.717) is 5.13 Å². The average Bonchev–Trinajstić information content (AvgIpc) is 2.75. The van der Waals surface area contributed by atoms with Crippen LogP contribution in [0.15, 0.2) is 16.2 Å². The summed E-state index contributed by atoms with van der Waals surface area (Å²) in [5.74, 6) is -0.386. The molecule has 7 heteroatoms. The van der Waals surface area contributed by atoms with E-state index in [1.54, 1.807) is 0 Å². The number of nitrogens with zero attached hydrogens (tertiary/aromatic N) is 1. The van der Waals surface area contributed by atoms with Gasteiger partial charge in [-0.15, -0.1) is 11.3 Å². The van der Waals surface area contributed by atoms with Gasteiger partial charge in [0.15, 0.2) is 5.13 Å². The topological polar surface area (TPSA) is 90.6 Å². The van der Waals surface area contributed by atoms with Crippen molar-refractivity contribution in [3.8, 4) is 0 Å². The van der Waals surface area contributed by atoms with Gasteiger partial charge in [0.2, 0.25) is 0 Å². The highest BCUT2D eigenvalue weighted by atomic mass is 32.1. The fourth-order valence-corrected chi connectivity index (χ4v) is 1.71. The van der Waals surface area contributed by atoms with Crippen molar-refractivity contribution in [2.45, 2.75) is 6.92 Å². The Morgan fingerprint density at radius 2 is 2.33 bits per heavy atom. The quantitative estimate of drug-likeness (QED) is 0.702. The maximum atomic E-state index is 11.5. The summed E-state index contributed by atoms with van der Waals surface area (Å²) < 4.78 is 0. The summed E-state index contributed by atoms with van der Waals surface area (Å²) in [6, 6.07) is 1.19. The molecule has 15 heavy (non-hydrogen) atoms. The normalized spacial score (nSPS) is 10.2. The summed E-state index contributed by atoms with van der Waals surface area (Å²) >= 11 is 1.33. The Kier molecular flexibility index (Phi) is 2.38. The Morgan fingerprint density at radius 3 is 2.87 bits per heavy atom. The molecule has 1 amide bonds. The minimum absolute atomic E-state index is 0.188. The number of hydrogen-bond donors (Lipinski definition) is 3. The van der Waals surface area contributed by atoms with E-state index in [0.717, 1.165) is 5.69 Å². The first kappa shape index (κ1) is 9.66. The molecular formula is C8H8N4O2S. The molecule has 2 aromatic heterocycles. The van der Waals surface area contributed by atoms with Crippen LogP contribution in [-0.2, 0) is 0 Å². The number of aromatic nitrogens is 3. The molecular weight excluding hydrogens is 216 g/mol. The second kappa shape index (κ2) is 3.70. The highest BCUT2D eigenvalue weighted by Crippen LogP contribution is 2.14. The van der Waals surface area contributed by atoms with Crippen LogP contribution in [0.2, 0.25) is 0 Å². The summed E-state index contributed by atoms with van der Waals surface area (Å²) in [7, 11) is 0. The fourth-order valence-electron chi connectivity index (χ4n) is 1.03. The standard InChI is InChI=1S/C8H8N4O2S/c1-4-3-15-8(9-4)10-7(14)5-2-6(13)12-11-5/h2-3H,1H3,(H,9,10,14)(H2,11,12,13). The number of hydrogen-bond acceptors (Lipinski definition) is 4. The van der Waals surface area contributed by atoms with Gasteiger partial charge in [-0.25, -0.2) is 4.98 Å². The van der Waals surface area contributed by atoms with Gasteiger partial charge in [-0.05, 0) is 6.92 Å². The zero-order valence-electron chi connectivity index (χ0n) is 7.83. The van der Waals surface area contributed by atoms with E-state index in [1.807, 2.05) is 12.3 Å². The third-order valence-electron chi connectivity index (χ3n) is 1.68. The number of carbonyl (C=O) groups is 1. The van der Waals surface area contributed by atoms with Crippen LogP contribution in [-0.4, -0.2) is 21.1 Å². The third-order valence-corrected chi connectivity index (χ3v) is 2.56. The van der Waals surface area contributed by atoms with Crippen molar-refractivity contribution < 1.29 is 4.79 Å². The predicted molar refractivity (Wildman–Crippen MR) is 56.2 cm³/mol. The van der Waals surface area contributed by atoms with E-state index >= 15 is 0 Å². The van der Waals surface area contributed by atoms with E-state index in [-0.39, 0.29) is 17.2 Å². The molecule has 2 aromatic rings. The molecule has 0 saturated heterocycles. The Bertz CT molecular complexity index is 539. The second-order valence-corrected chi connectivity index (χ2v) is 3.78. The molecule has 0 saturated carbocycles. The van der Waals surface area contributed by atoms with Crippen molar-refractivity contribution in [1.29, 1.82) is 0 Å². The van der Waals surface area contributed by atoms with Crippen molar-refractivity contribution in [1.82, 2.24) is 15.2 Å². The van der Waals surface area contributed by atoms with Gasteiger partial charge in [0.05, 0.1) is 5.69 Å². The Morgan fingerprint density at radius 1 is 1.53 bits per heavy atom. The molecule has 0 aliphatic carbocycles. The SMILES string of the molecule is Cc1csc(NC(=O)c2cc(=O)[nH][nH]2)n1. The number of anilines is 1. The van der Waals surface area contributed by atoms with Crippen molar-refractivity contribution in [2.24, 2.45) is 0 Å². The molecule has 2 rings (SSSR count). The molecule has 0 bridgehead atoms. The Balaban J connectivity index is 2.13. The van der Waals surface area contributed by atoms with E-state index in [9.17, 15) is 9.59 Å². The maximum absolute atomic E-state index is 11.5. The van der Waals surface area contributed by atoms with E-state index in [1.165, 1.54) is 17.4 Å². The van der Waals surface area contributed by atoms with Crippen molar-refractivity contribution in [3.63, 3.8) is 0 Å². The molecule has 0 radical (unpaired) electrons. The molecule has 0 spiro atoms. The summed E-state index contributed by atoms with van der Waals surface area (Å²) in [4.78, 5) is 26.3. The highest BCUT2D eigenvalue weighted by molar-refractivity contribution is 7.13. The highest BCUT2D eigenvalue weighted by Gasteiger charge is 2.09. The number of aryl methyl sites for hydroxylation is 1. The van der Waals surface area contributed by atoms with Crippen LogP contribution in [0.25, 0.3) is 0 Å². The van der Waals surface area contributed by atoms with Crippen LogP contribution < -0.4 is 10.9 Å². The van der Waals surface area contributed by atoms with Gasteiger partial charge in [-0.2, -0.15) is 0 Å². The van der Waals surface area contributed by atoms with E-state index in [4.69, 9.17) is 0 Å². The van der Waals surface area contributed by atoms with Crippen molar-refractivity contribution >= 4 is 22.4 Å². The minimum atomic E-state index is -0.386. The van der Waals surface area contributed by atoms with Gasteiger partial charge in [-0.3, -0.25) is 25.1 Å². The lowest BCUT2D eigenvalue weighted by Crippen LogP contribution is -2.12. The molecule has 3 N–H and O–H groups in total. The summed E-state index contributed by atoms with van der Waals surface area (Å²) in [5, 5.41) is 9.65. The molecule has 0 aliphatic heterocycles. The summed E-state index contributed by atoms with van der Waals surface area (Å²) in [5.41, 5.74) is 0.696. The Hall–Kier alpha value is -1.89. The molecule has 0 aromatic carbocycles. The van der Waals surface area contributed by atoms with Crippen molar-refractivity contribution in [3.05, 3.63) is 33.2 Å². The molecule has 2 heterocycles. The van der Waals surface area contributed by atoms with Gasteiger partial charge in [0.25, 0.3) is 11.5 Å². The minimum Gasteiger partial charge on any atom is -0.297 e. The Labute approximate surface area is 88.3 Å². The van der Waals surface area contributed by atoms with Crippen LogP contribution >= 0.6 is 11.3 Å². The van der Waals surface area contributed by atoms with Crippen LogP contribution in [0, 0.1) is 6.92 Å². The van der Waals surface area contributed by atoms with Crippen LogP contribution in [0.4, 0.5) is 5.13 Å². The fraction of sp³-hybridized carbons (Fsp3) is 0.125.